The van der Waals surface area contributed by atoms with Crippen LogP contribution in [0.1, 0.15) is 0 Å². The molecule has 0 spiro atoms. The number of carbonyl (C=O) groups excluding carboxylic acids is 1. The molecule has 2 heterocycles. The molecular formula is C18H15Cl2N5O. The van der Waals surface area contributed by atoms with E-state index in [0.29, 0.717) is 21.6 Å². The zero-order valence-electron chi connectivity index (χ0n) is 13.8. The lowest BCUT2D eigenvalue weighted by molar-refractivity contribution is -0.111. The van der Waals surface area contributed by atoms with Crippen LogP contribution in [0.3, 0.4) is 0 Å². The molecule has 2 N–H and O–H groups in total. The zero-order chi connectivity index (χ0) is 18.7. The van der Waals surface area contributed by atoms with Gasteiger partial charge < -0.3 is 10.6 Å². The molecule has 0 aliphatic rings. The molecule has 0 unspecified atom stereocenters. The highest BCUT2D eigenvalue weighted by molar-refractivity contribution is 6.42. The number of benzene rings is 1. The molecule has 26 heavy (non-hydrogen) atoms. The summed E-state index contributed by atoms with van der Waals surface area (Å²) in [5.41, 5.74) is 2.92. The van der Waals surface area contributed by atoms with E-state index >= 15 is 0 Å². The van der Waals surface area contributed by atoms with Crippen molar-refractivity contribution in [2.75, 3.05) is 10.6 Å². The molecule has 132 valence electrons. The second-order valence-electron chi connectivity index (χ2n) is 5.44. The van der Waals surface area contributed by atoms with E-state index in [1.54, 1.807) is 16.8 Å². The van der Waals surface area contributed by atoms with E-state index in [4.69, 9.17) is 23.2 Å². The van der Waals surface area contributed by atoms with Crippen LogP contribution in [0.25, 0.3) is 11.3 Å². The second-order valence-corrected chi connectivity index (χ2v) is 6.25. The van der Waals surface area contributed by atoms with Crippen LogP contribution < -0.4 is 10.6 Å². The molecule has 2 aromatic heterocycles. The smallest absolute Gasteiger partial charge is 0.247 e. The molecule has 0 aliphatic heterocycles. The zero-order valence-corrected chi connectivity index (χ0v) is 15.3. The van der Waals surface area contributed by atoms with E-state index in [2.05, 4.69) is 27.3 Å². The summed E-state index contributed by atoms with van der Waals surface area (Å²) in [5.74, 6) is 0.253. The largest absolute Gasteiger partial charge is 0.340 e. The Bertz CT molecular complexity index is 983. The average molecular weight is 388 g/mol. The van der Waals surface area contributed by atoms with E-state index in [0.717, 1.165) is 16.9 Å². The lowest BCUT2D eigenvalue weighted by atomic mass is 10.1. The van der Waals surface area contributed by atoms with Crippen LogP contribution in [0.15, 0.2) is 55.4 Å². The quantitative estimate of drug-likeness (QED) is 0.624. The molecule has 0 fully saturated rings. The highest BCUT2D eigenvalue weighted by atomic mass is 35.5. The van der Waals surface area contributed by atoms with Crippen molar-refractivity contribution in [3.05, 3.63) is 65.4 Å². The minimum Gasteiger partial charge on any atom is -0.340 e. The summed E-state index contributed by atoms with van der Waals surface area (Å²) in [6.45, 7) is 3.46. The van der Waals surface area contributed by atoms with Crippen molar-refractivity contribution in [2.45, 2.75) is 0 Å². The number of aryl methyl sites for hydroxylation is 1. The number of nitrogens with one attached hydrogen (secondary N) is 2. The fourth-order valence-electron chi connectivity index (χ4n) is 2.32. The van der Waals surface area contributed by atoms with Gasteiger partial charge in [0.2, 0.25) is 5.91 Å². The minimum atomic E-state index is -0.288. The number of carbonyl (C=O) groups is 1. The van der Waals surface area contributed by atoms with Crippen LogP contribution >= 0.6 is 23.2 Å². The number of aromatic nitrogens is 3. The molecule has 3 aromatic rings. The number of pyridine rings is 1. The summed E-state index contributed by atoms with van der Waals surface area (Å²) >= 11 is 12.0. The van der Waals surface area contributed by atoms with Gasteiger partial charge in [0, 0.05) is 42.4 Å². The number of nitrogens with zero attached hydrogens (tertiary/aromatic N) is 3. The summed E-state index contributed by atoms with van der Waals surface area (Å²) in [7, 11) is 1.83. The molecule has 3 rings (SSSR count). The summed E-state index contributed by atoms with van der Waals surface area (Å²) in [4.78, 5) is 15.8. The number of halogens is 2. The van der Waals surface area contributed by atoms with E-state index in [9.17, 15) is 4.79 Å². The van der Waals surface area contributed by atoms with Gasteiger partial charge >= 0.3 is 0 Å². The molecule has 0 saturated carbocycles. The Kier molecular flexibility index (Phi) is 5.25. The molecule has 0 radical (unpaired) electrons. The van der Waals surface area contributed by atoms with Crippen molar-refractivity contribution < 1.29 is 4.79 Å². The monoisotopic (exact) mass is 387 g/mol. The third-order valence-corrected chi connectivity index (χ3v) is 4.24. The molecular weight excluding hydrogens is 373 g/mol. The van der Waals surface area contributed by atoms with E-state index < -0.39 is 0 Å². The summed E-state index contributed by atoms with van der Waals surface area (Å²) in [6.07, 6.45) is 4.53. The maximum atomic E-state index is 11.6. The first-order chi connectivity index (χ1) is 12.5. The van der Waals surface area contributed by atoms with Crippen LogP contribution in [-0.2, 0) is 11.8 Å². The summed E-state index contributed by atoms with van der Waals surface area (Å²) in [6, 6.07) is 8.94. The molecule has 6 nitrogen and oxygen atoms in total. The van der Waals surface area contributed by atoms with Crippen molar-refractivity contribution in [3.63, 3.8) is 0 Å². The lowest BCUT2D eigenvalue weighted by Crippen LogP contribution is -2.07. The second kappa shape index (κ2) is 7.59. The van der Waals surface area contributed by atoms with Gasteiger partial charge in [0.05, 0.1) is 15.7 Å². The molecule has 8 heteroatoms. The third-order valence-electron chi connectivity index (χ3n) is 3.53. The first kappa shape index (κ1) is 18.0. The van der Waals surface area contributed by atoms with Crippen LogP contribution in [-0.4, -0.2) is 20.7 Å². The Labute approximate surface area is 160 Å². The van der Waals surface area contributed by atoms with Gasteiger partial charge in [-0.1, -0.05) is 29.8 Å². The normalized spacial score (nSPS) is 10.4. The van der Waals surface area contributed by atoms with Gasteiger partial charge in [-0.25, -0.2) is 4.98 Å². The minimum absolute atomic E-state index is 0.288. The first-order valence-corrected chi connectivity index (χ1v) is 8.37. The Morgan fingerprint density at radius 3 is 2.69 bits per heavy atom. The fourth-order valence-corrected chi connectivity index (χ4v) is 2.57. The predicted octanol–water partition coefficient (Wildman–Crippen LogP) is 4.66. The van der Waals surface area contributed by atoms with E-state index in [1.807, 2.05) is 31.4 Å². The Balaban J connectivity index is 2.01. The first-order valence-electron chi connectivity index (χ1n) is 7.62. The van der Waals surface area contributed by atoms with Gasteiger partial charge in [-0.05, 0) is 30.3 Å². The maximum Gasteiger partial charge on any atom is 0.247 e. The van der Waals surface area contributed by atoms with Crippen molar-refractivity contribution in [1.29, 1.82) is 0 Å². The molecule has 0 atom stereocenters. The molecule has 0 saturated heterocycles. The Hall–Kier alpha value is -2.83. The number of anilines is 3. The number of hydrogen-bond acceptors (Lipinski definition) is 4. The summed E-state index contributed by atoms with van der Waals surface area (Å²) < 4.78 is 1.70. The number of rotatable bonds is 5. The maximum absolute atomic E-state index is 11.6. The Morgan fingerprint density at radius 2 is 2.04 bits per heavy atom. The van der Waals surface area contributed by atoms with Crippen LogP contribution in [0.2, 0.25) is 10.0 Å². The topological polar surface area (TPSA) is 71.8 Å². The van der Waals surface area contributed by atoms with Gasteiger partial charge in [-0.15, -0.1) is 0 Å². The highest BCUT2D eigenvalue weighted by Crippen LogP contribution is 2.33. The van der Waals surface area contributed by atoms with Crippen molar-refractivity contribution in [3.8, 4) is 11.3 Å². The number of amides is 1. The van der Waals surface area contributed by atoms with Crippen LogP contribution in [0.4, 0.5) is 17.2 Å². The average Bonchev–Trinajstić information content (AvgIpc) is 3.05. The molecule has 0 aliphatic carbocycles. The van der Waals surface area contributed by atoms with Gasteiger partial charge in [-0.2, -0.15) is 5.10 Å². The molecule has 1 aromatic carbocycles. The van der Waals surface area contributed by atoms with Crippen LogP contribution in [0, 0.1) is 0 Å². The number of hydrogen-bond donors (Lipinski definition) is 2. The van der Waals surface area contributed by atoms with E-state index in [1.165, 1.54) is 12.3 Å². The van der Waals surface area contributed by atoms with E-state index in [-0.39, 0.29) is 5.91 Å². The molecule has 1 amide bonds. The Morgan fingerprint density at radius 1 is 1.23 bits per heavy atom. The van der Waals surface area contributed by atoms with Crippen molar-refractivity contribution in [2.24, 2.45) is 7.05 Å². The van der Waals surface area contributed by atoms with Gasteiger partial charge in [0.15, 0.2) is 0 Å². The van der Waals surface area contributed by atoms with Crippen molar-refractivity contribution >= 4 is 46.3 Å². The van der Waals surface area contributed by atoms with Crippen molar-refractivity contribution in [1.82, 2.24) is 14.8 Å². The third kappa shape index (κ3) is 4.04. The van der Waals surface area contributed by atoms with Gasteiger partial charge in [0.25, 0.3) is 0 Å². The standard InChI is InChI=1S/C18H15Cl2N5O/c1-3-18(26)22-11-4-5-15(12(8-11)16-6-7-25(2)24-16)23-17-9-13(19)14(20)10-21-17/h3-10H,1H2,2H3,(H,21,23)(H,22,26). The SMILES string of the molecule is C=CC(=O)Nc1ccc(Nc2cc(Cl)c(Cl)cn2)c(-c2ccn(C)n2)c1. The lowest BCUT2D eigenvalue weighted by Gasteiger charge is -2.13. The van der Waals surface area contributed by atoms with Gasteiger partial charge in [0.1, 0.15) is 5.82 Å². The van der Waals surface area contributed by atoms with Gasteiger partial charge in [-0.3, -0.25) is 9.48 Å². The fraction of sp³-hybridized carbons (Fsp3) is 0.0556. The molecule has 0 bridgehead atoms. The highest BCUT2D eigenvalue weighted by Gasteiger charge is 2.12. The summed E-state index contributed by atoms with van der Waals surface area (Å²) in [5, 5.41) is 11.2. The predicted molar refractivity (Wildman–Crippen MR) is 105 cm³/mol. The van der Waals surface area contributed by atoms with Crippen LogP contribution in [0.5, 0.6) is 0 Å².